The molecule has 1 aromatic carbocycles. The summed E-state index contributed by atoms with van der Waals surface area (Å²) in [6, 6.07) is 5.86. The van der Waals surface area contributed by atoms with Crippen LogP contribution >= 0.6 is 11.6 Å². The zero-order valence-corrected chi connectivity index (χ0v) is 22.5. The Bertz CT molecular complexity index is 1210. The molecule has 0 saturated heterocycles. The van der Waals surface area contributed by atoms with Gasteiger partial charge in [0.05, 0.1) is 68.0 Å². The summed E-state index contributed by atoms with van der Waals surface area (Å²) in [6.45, 7) is 3.44. The van der Waals surface area contributed by atoms with E-state index >= 15 is 0 Å². The standard InChI is InChI=1S/C26H31ClN2O10/c1-4-39-25(35)22-19(14-38-12-11-37-10-9-28)29-15(2)21(24(34)36-3)26(22,16-7-5-6-8-18(16)27)17(23(32)33)13-20(30)31/h5-8,13,29H,4,9-12,14,28H2,1-3H3,(H,30,31)(H,32,33)/b17-13+. The second kappa shape index (κ2) is 14.4. The highest BCUT2D eigenvalue weighted by molar-refractivity contribution is 6.32. The van der Waals surface area contributed by atoms with Gasteiger partial charge in [0.2, 0.25) is 0 Å². The molecule has 0 fully saturated rings. The maximum absolute atomic E-state index is 13.7. The van der Waals surface area contributed by atoms with Crippen molar-refractivity contribution in [1.82, 2.24) is 5.32 Å². The van der Waals surface area contributed by atoms with Crippen molar-refractivity contribution in [3.8, 4) is 0 Å². The van der Waals surface area contributed by atoms with Crippen molar-refractivity contribution < 1.29 is 48.3 Å². The van der Waals surface area contributed by atoms with Crippen molar-refractivity contribution in [2.75, 3.05) is 46.7 Å². The third kappa shape index (κ3) is 6.84. The number of dihydropyridines is 1. The van der Waals surface area contributed by atoms with Gasteiger partial charge in [-0.2, -0.15) is 0 Å². The number of carbonyl (C=O) groups is 4. The molecule has 1 aromatic rings. The maximum atomic E-state index is 13.7. The predicted molar refractivity (Wildman–Crippen MR) is 139 cm³/mol. The monoisotopic (exact) mass is 566 g/mol. The van der Waals surface area contributed by atoms with Crippen LogP contribution in [0.3, 0.4) is 0 Å². The Morgan fingerprint density at radius 1 is 1.05 bits per heavy atom. The number of benzene rings is 1. The number of esters is 2. The Kier molecular flexibility index (Phi) is 11.7. The van der Waals surface area contributed by atoms with Crippen LogP contribution in [0.4, 0.5) is 0 Å². The molecule has 12 nitrogen and oxygen atoms in total. The lowest BCUT2D eigenvalue weighted by Crippen LogP contribution is -2.49. The lowest BCUT2D eigenvalue weighted by Gasteiger charge is -2.42. The van der Waals surface area contributed by atoms with Gasteiger partial charge >= 0.3 is 23.9 Å². The SMILES string of the molecule is CCOC(=O)C1=C(COCCOCCN)NC(C)=C(C(=O)OC)C1(/C(=C/C(=O)O)C(=O)O)c1ccccc1Cl. The topological polar surface area (TPSA) is 184 Å². The molecule has 0 bridgehead atoms. The second-order valence-corrected chi connectivity index (χ2v) is 8.48. The van der Waals surface area contributed by atoms with Gasteiger partial charge < -0.3 is 40.2 Å². The number of nitrogens with two attached hydrogens (primary N) is 1. The Labute approximate surface area is 230 Å². The van der Waals surface area contributed by atoms with Gasteiger partial charge in [-0.1, -0.05) is 29.8 Å². The number of aliphatic carboxylic acids is 2. The molecule has 5 N–H and O–H groups in total. The molecule has 0 aromatic heterocycles. The fourth-order valence-electron chi connectivity index (χ4n) is 4.36. The van der Waals surface area contributed by atoms with Crippen molar-refractivity contribution in [1.29, 1.82) is 0 Å². The van der Waals surface area contributed by atoms with E-state index in [4.69, 9.17) is 36.3 Å². The van der Waals surface area contributed by atoms with Crippen molar-refractivity contribution in [2.24, 2.45) is 5.73 Å². The third-order valence-corrected chi connectivity index (χ3v) is 6.02. The summed E-state index contributed by atoms with van der Waals surface area (Å²) in [5, 5.41) is 22.9. The van der Waals surface area contributed by atoms with E-state index in [1.54, 1.807) is 6.07 Å². The molecule has 0 radical (unpaired) electrons. The number of carboxylic acids is 2. The van der Waals surface area contributed by atoms with Gasteiger partial charge in [-0.3, -0.25) is 0 Å². The van der Waals surface area contributed by atoms with E-state index in [0.717, 1.165) is 7.11 Å². The number of carbonyl (C=O) groups excluding carboxylic acids is 2. The predicted octanol–water partition coefficient (Wildman–Crippen LogP) is 1.53. The Balaban J connectivity index is 3.05. The maximum Gasteiger partial charge on any atom is 0.337 e. The molecular formula is C26H31ClN2O10. The molecule has 1 aliphatic rings. The quantitative estimate of drug-likeness (QED) is 0.145. The van der Waals surface area contributed by atoms with Gasteiger partial charge in [0.25, 0.3) is 0 Å². The molecule has 13 heteroatoms. The first-order chi connectivity index (χ1) is 18.6. The summed E-state index contributed by atoms with van der Waals surface area (Å²) < 4.78 is 21.3. The first-order valence-electron chi connectivity index (χ1n) is 11.8. The average molecular weight is 567 g/mol. The van der Waals surface area contributed by atoms with Gasteiger partial charge in [-0.15, -0.1) is 0 Å². The molecule has 212 valence electrons. The molecule has 1 atom stereocenters. The third-order valence-electron chi connectivity index (χ3n) is 5.69. The zero-order valence-electron chi connectivity index (χ0n) is 21.7. The lowest BCUT2D eigenvalue weighted by atomic mass is 9.61. The molecule has 1 aliphatic heterocycles. The summed E-state index contributed by atoms with van der Waals surface area (Å²) in [5.74, 6) is -5.44. The number of methoxy groups -OCH3 is 1. The molecule has 39 heavy (non-hydrogen) atoms. The molecule has 0 spiro atoms. The summed E-state index contributed by atoms with van der Waals surface area (Å²) >= 11 is 6.57. The van der Waals surface area contributed by atoms with Crippen LogP contribution in [0, 0.1) is 0 Å². The summed E-state index contributed by atoms with van der Waals surface area (Å²) in [4.78, 5) is 51.7. The number of rotatable bonds is 14. The normalized spacial score (nSPS) is 17.5. The number of halogens is 1. The highest BCUT2D eigenvalue weighted by Crippen LogP contribution is 2.52. The van der Waals surface area contributed by atoms with Crippen LogP contribution in [0.5, 0.6) is 0 Å². The van der Waals surface area contributed by atoms with Crippen molar-refractivity contribution >= 4 is 35.5 Å². The van der Waals surface area contributed by atoms with Crippen molar-refractivity contribution in [2.45, 2.75) is 19.3 Å². The lowest BCUT2D eigenvalue weighted by molar-refractivity contribution is -0.140. The van der Waals surface area contributed by atoms with E-state index in [-0.39, 0.29) is 54.0 Å². The molecule has 2 rings (SSSR count). The highest BCUT2D eigenvalue weighted by Gasteiger charge is 2.57. The largest absolute Gasteiger partial charge is 0.478 e. The van der Waals surface area contributed by atoms with Crippen molar-refractivity contribution in [3.63, 3.8) is 0 Å². The van der Waals surface area contributed by atoms with Gasteiger partial charge in [0.1, 0.15) is 0 Å². The minimum absolute atomic E-state index is 0.0230. The fraction of sp³-hybridized carbons (Fsp3) is 0.385. The van der Waals surface area contributed by atoms with E-state index in [1.165, 1.54) is 32.0 Å². The first kappa shape index (κ1) is 31.5. The minimum Gasteiger partial charge on any atom is -0.478 e. The van der Waals surface area contributed by atoms with Gasteiger partial charge in [-0.05, 0) is 25.5 Å². The van der Waals surface area contributed by atoms with Crippen molar-refractivity contribution in [3.05, 3.63) is 69.0 Å². The Hall–Kier alpha value is -3.71. The Morgan fingerprint density at radius 2 is 1.72 bits per heavy atom. The number of nitrogens with one attached hydrogen (secondary N) is 1. The Morgan fingerprint density at radius 3 is 2.28 bits per heavy atom. The van der Waals surface area contributed by atoms with Gasteiger partial charge in [-0.25, -0.2) is 19.2 Å². The zero-order chi connectivity index (χ0) is 29.2. The second-order valence-electron chi connectivity index (χ2n) is 8.08. The van der Waals surface area contributed by atoms with Crippen LogP contribution in [0.25, 0.3) is 0 Å². The molecule has 0 aliphatic carbocycles. The molecular weight excluding hydrogens is 536 g/mol. The summed E-state index contributed by atoms with van der Waals surface area (Å²) in [6.07, 6.45) is 0.408. The highest BCUT2D eigenvalue weighted by atomic mass is 35.5. The number of allylic oxidation sites excluding steroid dienone is 1. The van der Waals surface area contributed by atoms with E-state index in [0.29, 0.717) is 19.2 Å². The number of hydrogen-bond acceptors (Lipinski definition) is 10. The molecule has 0 saturated carbocycles. The first-order valence-corrected chi connectivity index (χ1v) is 12.2. The van der Waals surface area contributed by atoms with Gasteiger partial charge in [0.15, 0.2) is 0 Å². The van der Waals surface area contributed by atoms with E-state index in [9.17, 15) is 29.4 Å². The van der Waals surface area contributed by atoms with Crippen LogP contribution in [-0.2, 0) is 43.5 Å². The summed E-state index contributed by atoms with van der Waals surface area (Å²) in [5.41, 5.74) is 1.44. The number of carboxylic acid groups (broad SMARTS) is 2. The minimum atomic E-state index is -2.38. The van der Waals surface area contributed by atoms with Crippen LogP contribution in [0.1, 0.15) is 19.4 Å². The van der Waals surface area contributed by atoms with E-state index in [2.05, 4.69) is 5.32 Å². The van der Waals surface area contributed by atoms with Crippen LogP contribution in [-0.4, -0.2) is 80.8 Å². The molecule has 1 heterocycles. The fourth-order valence-corrected chi connectivity index (χ4v) is 4.64. The van der Waals surface area contributed by atoms with E-state index < -0.39 is 40.4 Å². The average Bonchev–Trinajstić information content (AvgIpc) is 2.88. The van der Waals surface area contributed by atoms with Gasteiger partial charge in [0, 0.05) is 23.3 Å². The van der Waals surface area contributed by atoms with Crippen LogP contribution in [0.2, 0.25) is 5.02 Å². The number of hydrogen-bond donors (Lipinski definition) is 4. The summed E-state index contributed by atoms with van der Waals surface area (Å²) in [7, 11) is 1.06. The molecule has 0 amide bonds. The van der Waals surface area contributed by atoms with Crippen LogP contribution in [0.15, 0.2) is 58.5 Å². The van der Waals surface area contributed by atoms with E-state index in [1.807, 2.05) is 0 Å². The molecule has 1 unspecified atom stereocenters. The van der Waals surface area contributed by atoms with Crippen LogP contribution < -0.4 is 11.1 Å². The number of ether oxygens (including phenoxy) is 4. The smallest absolute Gasteiger partial charge is 0.337 e.